The van der Waals surface area contributed by atoms with Crippen molar-refractivity contribution in [3.8, 4) is 5.75 Å². The van der Waals surface area contributed by atoms with Gasteiger partial charge in [-0.05, 0) is 30.2 Å². The predicted octanol–water partition coefficient (Wildman–Crippen LogP) is 2.85. The van der Waals surface area contributed by atoms with Crippen LogP contribution >= 0.6 is 11.6 Å². The number of nitrogens with zero attached hydrogens (tertiary/aromatic N) is 2. The van der Waals surface area contributed by atoms with E-state index < -0.39 is 0 Å². The number of anilines is 1. The molecule has 5 heteroatoms. The van der Waals surface area contributed by atoms with Crippen molar-refractivity contribution >= 4 is 17.4 Å². The van der Waals surface area contributed by atoms with Crippen LogP contribution in [-0.2, 0) is 6.42 Å². The minimum atomic E-state index is 0.131. The molecule has 0 saturated carbocycles. The van der Waals surface area contributed by atoms with Crippen molar-refractivity contribution in [3.05, 3.63) is 46.9 Å². The van der Waals surface area contributed by atoms with Gasteiger partial charge >= 0.3 is 0 Å². The second-order valence-electron chi connectivity index (χ2n) is 4.60. The molecule has 0 radical (unpaired) electrons. The number of fused-ring (bicyclic) bond motifs is 1. The Morgan fingerprint density at radius 3 is 3.00 bits per heavy atom. The third-order valence-electron chi connectivity index (χ3n) is 3.05. The zero-order chi connectivity index (χ0) is 13.2. The van der Waals surface area contributed by atoms with Crippen molar-refractivity contribution in [2.24, 2.45) is 0 Å². The van der Waals surface area contributed by atoms with Crippen molar-refractivity contribution in [3.63, 3.8) is 0 Å². The Bertz CT molecular complexity index is 558. The van der Waals surface area contributed by atoms with Crippen molar-refractivity contribution in [1.82, 2.24) is 9.97 Å². The quantitative estimate of drug-likeness (QED) is 0.875. The highest BCUT2D eigenvalue weighted by atomic mass is 35.5. The molecule has 1 unspecified atom stereocenters. The Balaban J connectivity index is 1.62. The van der Waals surface area contributed by atoms with Gasteiger partial charge in [0.05, 0.1) is 6.54 Å². The summed E-state index contributed by atoms with van der Waals surface area (Å²) >= 11 is 5.83. The number of hydrogen-bond donors (Lipinski definition) is 1. The molecule has 19 heavy (non-hydrogen) atoms. The van der Waals surface area contributed by atoms with Crippen LogP contribution in [0.4, 0.5) is 5.82 Å². The summed E-state index contributed by atoms with van der Waals surface area (Å²) in [6.07, 6.45) is 1.05. The number of halogens is 1. The Labute approximate surface area is 116 Å². The van der Waals surface area contributed by atoms with E-state index in [1.165, 1.54) is 5.56 Å². The van der Waals surface area contributed by atoms with Crippen LogP contribution in [0.3, 0.4) is 0 Å². The molecule has 0 amide bonds. The summed E-state index contributed by atoms with van der Waals surface area (Å²) in [4.78, 5) is 8.16. The zero-order valence-electron chi connectivity index (χ0n) is 10.6. The third-order valence-corrected chi connectivity index (χ3v) is 3.22. The van der Waals surface area contributed by atoms with E-state index in [0.29, 0.717) is 6.54 Å². The number of benzene rings is 1. The molecule has 1 aromatic heterocycles. The van der Waals surface area contributed by atoms with Gasteiger partial charge in [-0.15, -0.1) is 0 Å². The fraction of sp³-hybridized carbons (Fsp3) is 0.286. The van der Waals surface area contributed by atoms with Gasteiger partial charge in [-0.25, -0.2) is 9.97 Å². The smallest absolute Gasteiger partial charge is 0.224 e. The molecule has 2 heterocycles. The van der Waals surface area contributed by atoms with E-state index in [2.05, 4.69) is 21.4 Å². The van der Waals surface area contributed by atoms with Crippen LogP contribution in [0.1, 0.15) is 11.3 Å². The first-order chi connectivity index (χ1) is 9.20. The van der Waals surface area contributed by atoms with Gasteiger partial charge in [0.1, 0.15) is 17.7 Å². The van der Waals surface area contributed by atoms with Crippen LogP contribution in [0.2, 0.25) is 5.28 Å². The normalized spacial score (nSPS) is 16.8. The molecule has 1 aliphatic rings. The average Bonchev–Trinajstić information content (AvgIpc) is 2.78. The summed E-state index contributed by atoms with van der Waals surface area (Å²) < 4.78 is 5.85. The molecule has 1 atom stereocenters. The van der Waals surface area contributed by atoms with Crippen LogP contribution in [0.5, 0.6) is 5.75 Å². The fourth-order valence-corrected chi connectivity index (χ4v) is 2.43. The van der Waals surface area contributed by atoms with Gasteiger partial charge < -0.3 is 10.1 Å². The topological polar surface area (TPSA) is 47.0 Å². The summed E-state index contributed by atoms with van der Waals surface area (Å²) in [6, 6.07) is 9.99. The van der Waals surface area contributed by atoms with Crippen molar-refractivity contribution in [2.75, 3.05) is 11.9 Å². The van der Waals surface area contributed by atoms with Crippen LogP contribution in [0, 0.1) is 6.92 Å². The first-order valence-electron chi connectivity index (χ1n) is 6.20. The van der Waals surface area contributed by atoms with E-state index in [1.807, 2.05) is 31.2 Å². The number of hydrogen-bond acceptors (Lipinski definition) is 4. The van der Waals surface area contributed by atoms with E-state index in [9.17, 15) is 0 Å². The summed E-state index contributed by atoms with van der Waals surface area (Å²) in [7, 11) is 0. The number of ether oxygens (including phenoxy) is 1. The van der Waals surface area contributed by atoms with Gasteiger partial charge in [-0.1, -0.05) is 18.2 Å². The predicted molar refractivity (Wildman–Crippen MR) is 74.8 cm³/mol. The second kappa shape index (κ2) is 5.05. The Kier molecular flexibility index (Phi) is 3.25. The van der Waals surface area contributed by atoms with E-state index in [-0.39, 0.29) is 11.4 Å². The fourth-order valence-electron chi connectivity index (χ4n) is 2.21. The molecule has 2 aromatic rings. The molecular weight excluding hydrogens is 262 g/mol. The minimum Gasteiger partial charge on any atom is -0.488 e. The zero-order valence-corrected chi connectivity index (χ0v) is 11.3. The lowest BCUT2D eigenvalue weighted by Crippen LogP contribution is -2.24. The van der Waals surface area contributed by atoms with Gasteiger partial charge in [-0.3, -0.25) is 0 Å². The van der Waals surface area contributed by atoms with Gasteiger partial charge in [0.2, 0.25) is 5.28 Å². The highest BCUT2D eigenvalue weighted by molar-refractivity contribution is 6.28. The number of aryl methyl sites for hydroxylation is 1. The molecule has 4 nitrogen and oxygen atoms in total. The van der Waals surface area contributed by atoms with E-state index >= 15 is 0 Å². The molecular formula is C14H14ClN3O. The standard InChI is InChI=1S/C14H14ClN3O/c1-9-6-13(18-14(15)17-9)16-8-11-7-10-4-2-3-5-12(10)19-11/h2-6,11H,7-8H2,1H3,(H,16,17,18). The molecule has 98 valence electrons. The monoisotopic (exact) mass is 275 g/mol. The first-order valence-corrected chi connectivity index (χ1v) is 6.58. The van der Waals surface area contributed by atoms with Crippen molar-refractivity contribution in [1.29, 1.82) is 0 Å². The maximum atomic E-state index is 5.85. The Morgan fingerprint density at radius 1 is 1.37 bits per heavy atom. The maximum absolute atomic E-state index is 5.85. The highest BCUT2D eigenvalue weighted by Gasteiger charge is 2.21. The highest BCUT2D eigenvalue weighted by Crippen LogP contribution is 2.28. The maximum Gasteiger partial charge on any atom is 0.224 e. The van der Waals surface area contributed by atoms with Gasteiger partial charge in [0, 0.05) is 18.2 Å². The molecule has 0 fully saturated rings. The van der Waals surface area contributed by atoms with Crippen LogP contribution in [0.15, 0.2) is 30.3 Å². The lowest BCUT2D eigenvalue weighted by atomic mass is 10.1. The Morgan fingerprint density at radius 2 is 2.21 bits per heavy atom. The van der Waals surface area contributed by atoms with Crippen LogP contribution in [0.25, 0.3) is 0 Å². The van der Waals surface area contributed by atoms with Gasteiger partial charge in [0.25, 0.3) is 0 Å². The van der Waals surface area contributed by atoms with Crippen LogP contribution in [-0.4, -0.2) is 22.6 Å². The summed E-state index contributed by atoms with van der Waals surface area (Å²) in [5.74, 6) is 1.71. The third kappa shape index (κ3) is 2.79. The SMILES string of the molecule is Cc1cc(NCC2Cc3ccccc3O2)nc(Cl)n1. The summed E-state index contributed by atoms with van der Waals surface area (Å²) in [6.45, 7) is 2.59. The van der Waals surface area contributed by atoms with Crippen molar-refractivity contribution < 1.29 is 4.74 Å². The second-order valence-corrected chi connectivity index (χ2v) is 4.93. The van der Waals surface area contributed by atoms with Crippen LogP contribution < -0.4 is 10.1 Å². The lowest BCUT2D eigenvalue weighted by Gasteiger charge is -2.12. The van der Waals surface area contributed by atoms with E-state index in [0.717, 1.165) is 23.7 Å². The molecule has 3 rings (SSSR count). The molecule has 1 aromatic carbocycles. The van der Waals surface area contributed by atoms with E-state index in [1.54, 1.807) is 0 Å². The van der Waals surface area contributed by atoms with Gasteiger partial charge in [0.15, 0.2) is 0 Å². The largest absolute Gasteiger partial charge is 0.488 e. The molecule has 0 saturated heterocycles. The first kappa shape index (κ1) is 12.2. The number of nitrogens with one attached hydrogen (secondary N) is 1. The Hall–Kier alpha value is -1.81. The molecule has 0 aliphatic carbocycles. The summed E-state index contributed by atoms with van der Waals surface area (Å²) in [5, 5.41) is 3.50. The average molecular weight is 276 g/mol. The number of para-hydroxylation sites is 1. The lowest BCUT2D eigenvalue weighted by molar-refractivity contribution is 0.246. The molecule has 0 bridgehead atoms. The molecule has 1 aliphatic heterocycles. The number of aromatic nitrogens is 2. The molecule has 1 N–H and O–H groups in total. The van der Waals surface area contributed by atoms with Crippen molar-refractivity contribution in [2.45, 2.75) is 19.4 Å². The number of rotatable bonds is 3. The summed E-state index contributed by atoms with van der Waals surface area (Å²) in [5.41, 5.74) is 2.10. The molecule has 0 spiro atoms. The van der Waals surface area contributed by atoms with Gasteiger partial charge in [-0.2, -0.15) is 0 Å². The van der Waals surface area contributed by atoms with E-state index in [4.69, 9.17) is 16.3 Å². The minimum absolute atomic E-state index is 0.131.